The fourth-order valence-corrected chi connectivity index (χ4v) is 5.11. The van der Waals surface area contributed by atoms with Gasteiger partial charge in [0.1, 0.15) is 11.6 Å². The summed E-state index contributed by atoms with van der Waals surface area (Å²) >= 11 is 3.16. The first-order valence-electron chi connectivity index (χ1n) is 9.27. The number of amides is 1. The van der Waals surface area contributed by atoms with Gasteiger partial charge in [-0.3, -0.25) is 4.79 Å². The summed E-state index contributed by atoms with van der Waals surface area (Å²) < 4.78 is 47.4. The highest BCUT2D eigenvalue weighted by Crippen LogP contribution is 2.28. The normalized spacial score (nSPS) is 15.6. The molecule has 29 heavy (non-hydrogen) atoms. The van der Waals surface area contributed by atoms with E-state index in [0.29, 0.717) is 17.6 Å². The standard InChI is InChI=1S/C20H22BrFN2O4S/c1-28-19-9-7-15(29(26,27)24-10-4-2-3-5-11-24)13-16(19)20(25)23-18-8-6-14(21)12-17(18)22/h6-9,12-13H,2-5,10-11H2,1H3,(H,23,25). The fraction of sp³-hybridized carbons (Fsp3) is 0.350. The molecule has 6 nitrogen and oxygen atoms in total. The summed E-state index contributed by atoms with van der Waals surface area (Å²) in [5.74, 6) is -1.06. The summed E-state index contributed by atoms with van der Waals surface area (Å²) in [6.07, 6.45) is 3.62. The molecular weight excluding hydrogens is 463 g/mol. The third kappa shape index (κ3) is 4.96. The highest BCUT2D eigenvalue weighted by Gasteiger charge is 2.27. The second-order valence-corrected chi connectivity index (χ2v) is 9.61. The molecule has 3 rings (SSSR count). The lowest BCUT2D eigenvalue weighted by molar-refractivity contribution is 0.102. The number of halogens is 2. The number of sulfonamides is 1. The number of hydrogen-bond donors (Lipinski definition) is 1. The van der Waals surface area contributed by atoms with E-state index in [1.54, 1.807) is 6.07 Å². The minimum absolute atomic E-state index is 0.0129. The Morgan fingerprint density at radius 1 is 1.10 bits per heavy atom. The van der Waals surface area contributed by atoms with Crippen LogP contribution in [0, 0.1) is 5.82 Å². The molecule has 0 atom stereocenters. The molecule has 0 bridgehead atoms. The molecule has 0 aliphatic carbocycles. The van der Waals surface area contributed by atoms with Gasteiger partial charge in [0, 0.05) is 17.6 Å². The number of anilines is 1. The van der Waals surface area contributed by atoms with Crippen molar-refractivity contribution in [3.63, 3.8) is 0 Å². The molecular formula is C20H22BrFN2O4S. The van der Waals surface area contributed by atoms with Crippen LogP contribution in [0.1, 0.15) is 36.0 Å². The third-order valence-electron chi connectivity index (χ3n) is 4.80. The lowest BCUT2D eigenvalue weighted by atomic mass is 10.1. The van der Waals surface area contributed by atoms with Gasteiger partial charge >= 0.3 is 0 Å². The smallest absolute Gasteiger partial charge is 0.259 e. The number of ether oxygens (including phenoxy) is 1. The predicted octanol–water partition coefficient (Wildman–Crippen LogP) is 4.41. The molecule has 1 aliphatic heterocycles. The van der Waals surface area contributed by atoms with Gasteiger partial charge in [0.25, 0.3) is 5.91 Å². The van der Waals surface area contributed by atoms with E-state index in [9.17, 15) is 17.6 Å². The van der Waals surface area contributed by atoms with Gasteiger partial charge in [-0.05, 0) is 49.2 Å². The molecule has 1 aliphatic rings. The number of carbonyl (C=O) groups is 1. The largest absolute Gasteiger partial charge is 0.496 e. The zero-order chi connectivity index (χ0) is 21.0. The van der Waals surface area contributed by atoms with Crippen molar-refractivity contribution in [3.8, 4) is 5.75 Å². The molecule has 1 heterocycles. The summed E-state index contributed by atoms with van der Waals surface area (Å²) in [5, 5.41) is 2.47. The maximum atomic E-state index is 14.1. The van der Waals surface area contributed by atoms with Crippen LogP contribution in [-0.2, 0) is 10.0 Å². The minimum atomic E-state index is -3.74. The molecule has 1 saturated heterocycles. The van der Waals surface area contributed by atoms with Crippen LogP contribution in [0.2, 0.25) is 0 Å². The fourth-order valence-electron chi connectivity index (χ4n) is 3.24. The third-order valence-corrected chi connectivity index (χ3v) is 7.19. The van der Waals surface area contributed by atoms with Crippen molar-refractivity contribution in [2.45, 2.75) is 30.6 Å². The second-order valence-electron chi connectivity index (χ2n) is 6.76. The monoisotopic (exact) mass is 484 g/mol. The Bertz CT molecular complexity index is 1010. The van der Waals surface area contributed by atoms with Crippen LogP contribution in [0.25, 0.3) is 0 Å². The average Bonchev–Trinajstić information content (AvgIpc) is 2.99. The van der Waals surface area contributed by atoms with Crippen LogP contribution in [0.5, 0.6) is 5.75 Å². The first kappa shape index (κ1) is 21.7. The van der Waals surface area contributed by atoms with Crippen molar-refractivity contribution in [1.29, 1.82) is 0 Å². The molecule has 9 heteroatoms. The Labute approximate surface area is 178 Å². The van der Waals surface area contributed by atoms with Crippen molar-refractivity contribution in [2.24, 2.45) is 0 Å². The highest BCUT2D eigenvalue weighted by atomic mass is 79.9. The molecule has 0 radical (unpaired) electrons. The SMILES string of the molecule is COc1ccc(S(=O)(=O)N2CCCCCC2)cc1C(=O)Nc1ccc(Br)cc1F. The Morgan fingerprint density at radius 2 is 1.79 bits per heavy atom. The maximum Gasteiger partial charge on any atom is 0.259 e. The van der Waals surface area contributed by atoms with Gasteiger partial charge in [0.15, 0.2) is 0 Å². The first-order chi connectivity index (χ1) is 13.8. The van der Waals surface area contributed by atoms with Gasteiger partial charge in [-0.2, -0.15) is 4.31 Å². The summed E-state index contributed by atoms with van der Waals surface area (Å²) in [7, 11) is -2.35. The number of methoxy groups -OCH3 is 1. The van der Waals surface area contributed by atoms with Crippen LogP contribution in [0.4, 0.5) is 10.1 Å². The van der Waals surface area contributed by atoms with E-state index >= 15 is 0 Å². The van der Waals surface area contributed by atoms with E-state index < -0.39 is 21.7 Å². The van der Waals surface area contributed by atoms with Crippen molar-refractivity contribution < 1.29 is 22.3 Å². The summed E-state index contributed by atoms with van der Waals surface area (Å²) in [5.41, 5.74) is 0.00625. The Hall–Kier alpha value is -1.97. The maximum absolute atomic E-state index is 14.1. The van der Waals surface area contributed by atoms with Crippen molar-refractivity contribution in [3.05, 3.63) is 52.3 Å². The lowest BCUT2D eigenvalue weighted by Gasteiger charge is -2.20. The summed E-state index contributed by atoms with van der Waals surface area (Å²) in [6.45, 7) is 0.917. The Morgan fingerprint density at radius 3 is 2.41 bits per heavy atom. The molecule has 2 aromatic rings. The summed E-state index contributed by atoms with van der Waals surface area (Å²) in [6, 6.07) is 8.39. The van der Waals surface area contributed by atoms with Crippen LogP contribution in [-0.4, -0.2) is 38.8 Å². The van der Waals surface area contributed by atoms with Crippen molar-refractivity contribution in [1.82, 2.24) is 4.31 Å². The number of hydrogen-bond acceptors (Lipinski definition) is 4. The van der Waals surface area contributed by atoms with Gasteiger partial charge in [0.2, 0.25) is 10.0 Å². The van der Waals surface area contributed by atoms with Crippen molar-refractivity contribution in [2.75, 3.05) is 25.5 Å². The first-order valence-corrected chi connectivity index (χ1v) is 11.5. The topological polar surface area (TPSA) is 75.7 Å². The Balaban J connectivity index is 1.93. The van der Waals surface area contributed by atoms with E-state index in [1.165, 1.54) is 41.7 Å². The molecule has 0 aromatic heterocycles. The average molecular weight is 485 g/mol. The van der Waals surface area contributed by atoms with E-state index in [-0.39, 0.29) is 21.9 Å². The van der Waals surface area contributed by atoms with E-state index in [1.807, 2.05) is 0 Å². The zero-order valence-electron chi connectivity index (χ0n) is 16.0. The quantitative estimate of drug-likeness (QED) is 0.681. The van der Waals surface area contributed by atoms with Crippen LogP contribution < -0.4 is 10.1 Å². The van der Waals surface area contributed by atoms with E-state index in [4.69, 9.17) is 4.74 Å². The predicted molar refractivity (Wildman–Crippen MR) is 112 cm³/mol. The van der Waals surface area contributed by atoms with Crippen molar-refractivity contribution >= 4 is 37.5 Å². The number of rotatable bonds is 5. The zero-order valence-corrected chi connectivity index (χ0v) is 18.4. The van der Waals surface area contributed by atoms with Gasteiger partial charge in [-0.15, -0.1) is 0 Å². The van der Waals surface area contributed by atoms with Gasteiger partial charge in [0.05, 0.1) is 23.3 Å². The molecule has 1 N–H and O–H groups in total. The molecule has 1 fully saturated rings. The van der Waals surface area contributed by atoms with Gasteiger partial charge < -0.3 is 10.1 Å². The molecule has 1 amide bonds. The molecule has 156 valence electrons. The molecule has 0 unspecified atom stereocenters. The lowest BCUT2D eigenvalue weighted by Crippen LogP contribution is -2.32. The van der Waals surface area contributed by atoms with E-state index in [0.717, 1.165) is 25.7 Å². The van der Waals surface area contributed by atoms with Gasteiger partial charge in [-0.1, -0.05) is 28.8 Å². The number of carbonyl (C=O) groups excluding carboxylic acids is 1. The number of nitrogens with zero attached hydrogens (tertiary/aromatic N) is 1. The number of nitrogens with one attached hydrogen (secondary N) is 1. The van der Waals surface area contributed by atoms with E-state index in [2.05, 4.69) is 21.2 Å². The minimum Gasteiger partial charge on any atom is -0.496 e. The molecule has 2 aromatic carbocycles. The molecule has 0 saturated carbocycles. The van der Waals surface area contributed by atoms with Crippen LogP contribution in [0.3, 0.4) is 0 Å². The van der Waals surface area contributed by atoms with Crippen LogP contribution >= 0.6 is 15.9 Å². The van der Waals surface area contributed by atoms with Gasteiger partial charge in [-0.25, -0.2) is 12.8 Å². The highest BCUT2D eigenvalue weighted by molar-refractivity contribution is 9.10. The van der Waals surface area contributed by atoms with Crippen LogP contribution in [0.15, 0.2) is 45.8 Å². The Kier molecular flexibility index (Phi) is 6.92. The number of benzene rings is 2. The second kappa shape index (κ2) is 9.23. The summed E-state index contributed by atoms with van der Waals surface area (Å²) in [4.78, 5) is 12.8. The molecule has 0 spiro atoms.